The summed E-state index contributed by atoms with van der Waals surface area (Å²) in [6.45, 7) is 1.37. The lowest BCUT2D eigenvalue weighted by atomic mass is 10.1. The van der Waals surface area contributed by atoms with E-state index in [-0.39, 0.29) is 18.4 Å². The highest BCUT2D eigenvalue weighted by Gasteiger charge is 2.26. The van der Waals surface area contributed by atoms with Gasteiger partial charge >= 0.3 is 0 Å². The number of rotatable bonds is 3. The van der Waals surface area contributed by atoms with Crippen molar-refractivity contribution in [3.8, 4) is 0 Å². The quantitative estimate of drug-likeness (QED) is 0.803. The van der Waals surface area contributed by atoms with Crippen LogP contribution in [0.25, 0.3) is 0 Å². The summed E-state index contributed by atoms with van der Waals surface area (Å²) in [5, 5.41) is 9.04. The van der Waals surface area contributed by atoms with Gasteiger partial charge in [0.05, 0.1) is 0 Å². The SMILES string of the molecule is NC(=O)c1ccc(C(=O)N2CCC(CO)C2)cc1. The fourth-order valence-electron chi connectivity index (χ4n) is 2.13. The molecular formula is C13H16N2O3. The Morgan fingerprint density at radius 3 is 2.39 bits per heavy atom. The molecule has 0 saturated carbocycles. The van der Waals surface area contributed by atoms with E-state index in [2.05, 4.69) is 0 Å². The van der Waals surface area contributed by atoms with Crippen molar-refractivity contribution in [2.45, 2.75) is 6.42 Å². The second-order valence-electron chi connectivity index (χ2n) is 4.53. The first kappa shape index (κ1) is 12.6. The summed E-state index contributed by atoms with van der Waals surface area (Å²) in [5.74, 6) is -0.392. The van der Waals surface area contributed by atoms with Gasteiger partial charge in [0.2, 0.25) is 5.91 Å². The van der Waals surface area contributed by atoms with Crippen LogP contribution >= 0.6 is 0 Å². The molecule has 1 aliphatic rings. The first-order valence-corrected chi connectivity index (χ1v) is 5.92. The Morgan fingerprint density at radius 2 is 1.89 bits per heavy atom. The second kappa shape index (κ2) is 5.18. The van der Waals surface area contributed by atoms with Gasteiger partial charge in [0, 0.05) is 36.7 Å². The Morgan fingerprint density at radius 1 is 1.28 bits per heavy atom. The Bertz CT molecular complexity index is 456. The van der Waals surface area contributed by atoms with Gasteiger partial charge in [-0.2, -0.15) is 0 Å². The third-order valence-corrected chi connectivity index (χ3v) is 3.25. The monoisotopic (exact) mass is 248 g/mol. The molecule has 1 atom stereocenters. The average Bonchev–Trinajstić information content (AvgIpc) is 2.86. The number of hydrogen-bond donors (Lipinski definition) is 2. The van der Waals surface area contributed by atoms with Crippen LogP contribution in [0.3, 0.4) is 0 Å². The van der Waals surface area contributed by atoms with Crippen LogP contribution in [0, 0.1) is 5.92 Å². The molecule has 1 saturated heterocycles. The second-order valence-corrected chi connectivity index (χ2v) is 4.53. The lowest BCUT2D eigenvalue weighted by molar-refractivity contribution is 0.0781. The summed E-state index contributed by atoms with van der Waals surface area (Å²) in [5.41, 5.74) is 6.07. The van der Waals surface area contributed by atoms with Gasteiger partial charge < -0.3 is 15.7 Å². The van der Waals surface area contributed by atoms with Crippen LogP contribution in [0.1, 0.15) is 27.1 Å². The zero-order valence-electron chi connectivity index (χ0n) is 10.0. The van der Waals surface area contributed by atoms with E-state index < -0.39 is 5.91 Å². The standard InChI is InChI=1S/C13H16N2O3/c14-12(17)10-1-3-11(4-2-10)13(18)15-6-5-9(7-15)8-16/h1-4,9,16H,5-8H2,(H2,14,17). The normalized spacial score (nSPS) is 18.9. The van der Waals surface area contributed by atoms with Crippen molar-refractivity contribution in [3.63, 3.8) is 0 Å². The van der Waals surface area contributed by atoms with Crippen molar-refractivity contribution < 1.29 is 14.7 Å². The average molecular weight is 248 g/mol. The lowest BCUT2D eigenvalue weighted by Gasteiger charge is -2.16. The minimum absolute atomic E-state index is 0.0676. The van der Waals surface area contributed by atoms with E-state index in [1.54, 1.807) is 29.2 Å². The molecule has 18 heavy (non-hydrogen) atoms. The van der Waals surface area contributed by atoms with E-state index >= 15 is 0 Å². The molecule has 3 N–H and O–H groups in total. The zero-order chi connectivity index (χ0) is 13.1. The Kier molecular flexibility index (Phi) is 3.62. The van der Waals surface area contributed by atoms with E-state index in [1.165, 1.54) is 0 Å². The smallest absolute Gasteiger partial charge is 0.253 e. The summed E-state index contributed by atoms with van der Waals surface area (Å²) in [4.78, 5) is 24.8. The van der Waals surface area contributed by atoms with E-state index in [4.69, 9.17) is 10.8 Å². The number of amides is 2. The van der Waals surface area contributed by atoms with Crippen molar-refractivity contribution in [3.05, 3.63) is 35.4 Å². The Balaban J connectivity index is 2.07. The summed E-state index contributed by atoms with van der Waals surface area (Å²) in [6, 6.07) is 6.31. The first-order chi connectivity index (χ1) is 8.61. The lowest BCUT2D eigenvalue weighted by Crippen LogP contribution is -2.29. The van der Waals surface area contributed by atoms with Crippen LogP contribution in [0.15, 0.2) is 24.3 Å². The molecule has 0 aromatic heterocycles. The van der Waals surface area contributed by atoms with Crippen LogP contribution in [0.4, 0.5) is 0 Å². The number of benzene rings is 1. The fourth-order valence-corrected chi connectivity index (χ4v) is 2.13. The highest BCUT2D eigenvalue weighted by molar-refractivity contribution is 5.97. The Labute approximate surface area is 105 Å². The minimum atomic E-state index is -0.504. The molecule has 1 heterocycles. The van der Waals surface area contributed by atoms with Crippen molar-refractivity contribution in [1.82, 2.24) is 4.90 Å². The Hall–Kier alpha value is -1.88. The molecule has 2 rings (SSSR count). The molecule has 0 aliphatic carbocycles. The summed E-state index contributed by atoms with van der Waals surface area (Å²) in [6.07, 6.45) is 0.835. The molecule has 5 nitrogen and oxygen atoms in total. The maximum atomic E-state index is 12.1. The molecular weight excluding hydrogens is 232 g/mol. The van der Waals surface area contributed by atoms with E-state index in [9.17, 15) is 9.59 Å². The third-order valence-electron chi connectivity index (χ3n) is 3.25. The van der Waals surface area contributed by atoms with Crippen LogP contribution in [-0.4, -0.2) is 41.5 Å². The van der Waals surface area contributed by atoms with Crippen LogP contribution in [-0.2, 0) is 0 Å². The molecule has 0 radical (unpaired) electrons. The number of carbonyl (C=O) groups is 2. The number of aliphatic hydroxyl groups excluding tert-OH is 1. The molecule has 1 aromatic carbocycles. The van der Waals surface area contributed by atoms with E-state index in [0.29, 0.717) is 24.2 Å². The molecule has 96 valence electrons. The first-order valence-electron chi connectivity index (χ1n) is 5.92. The van der Waals surface area contributed by atoms with Gasteiger partial charge in [-0.05, 0) is 30.7 Å². The summed E-state index contributed by atoms with van der Waals surface area (Å²) >= 11 is 0. The summed E-state index contributed by atoms with van der Waals surface area (Å²) in [7, 11) is 0. The van der Waals surface area contributed by atoms with Gasteiger partial charge in [0.1, 0.15) is 0 Å². The number of nitrogens with zero attached hydrogens (tertiary/aromatic N) is 1. The van der Waals surface area contributed by atoms with Crippen LogP contribution < -0.4 is 5.73 Å². The predicted octanol–water partition coefficient (Wildman–Crippen LogP) is 0.240. The molecule has 2 amide bonds. The number of nitrogens with two attached hydrogens (primary N) is 1. The molecule has 1 fully saturated rings. The molecule has 0 spiro atoms. The number of likely N-dealkylation sites (tertiary alicyclic amines) is 1. The van der Waals surface area contributed by atoms with Gasteiger partial charge in [-0.3, -0.25) is 9.59 Å². The minimum Gasteiger partial charge on any atom is -0.396 e. The molecule has 1 aromatic rings. The highest BCUT2D eigenvalue weighted by atomic mass is 16.3. The van der Waals surface area contributed by atoms with Gasteiger partial charge in [0.15, 0.2) is 0 Å². The molecule has 1 aliphatic heterocycles. The predicted molar refractivity (Wildman–Crippen MR) is 66.1 cm³/mol. The van der Waals surface area contributed by atoms with E-state index in [1.807, 2.05) is 0 Å². The van der Waals surface area contributed by atoms with Crippen molar-refractivity contribution in [2.24, 2.45) is 11.7 Å². The van der Waals surface area contributed by atoms with E-state index in [0.717, 1.165) is 6.42 Å². The van der Waals surface area contributed by atoms with Crippen LogP contribution in [0.5, 0.6) is 0 Å². The number of carbonyl (C=O) groups excluding carboxylic acids is 2. The largest absolute Gasteiger partial charge is 0.396 e. The van der Waals surface area contributed by atoms with Gasteiger partial charge in [-0.15, -0.1) is 0 Å². The maximum Gasteiger partial charge on any atom is 0.253 e. The van der Waals surface area contributed by atoms with Crippen molar-refractivity contribution in [2.75, 3.05) is 19.7 Å². The third kappa shape index (κ3) is 2.51. The molecule has 0 bridgehead atoms. The fraction of sp³-hybridized carbons (Fsp3) is 0.385. The van der Waals surface area contributed by atoms with Crippen LogP contribution in [0.2, 0.25) is 0 Å². The van der Waals surface area contributed by atoms with Crippen molar-refractivity contribution >= 4 is 11.8 Å². The van der Waals surface area contributed by atoms with Crippen molar-refractivity contribution in [1.29, 1.82) is 0 Å². The zero-order valence-corrected chi connectivity index (χ0v) is 10.0. The maximum absolute atomic E-state index is 12.1. The van der Waals surface area contributed by atoms with Gasteiger partial charge in [-0.25, -0.2) is 0 Å². The number of primary amides is 1. The number of aliphatic hydroxyl groups is 1. The molecule has 1 unspecified atom stereocenters. The summed E-state index contributed by atoms with van der Waals surface area (Å²) < 4.78 is 0. The topological polar surface area (TPSA) is 83.6 Å². The van der Waals surface area contributed by atoms with Gasteiger partial charge in [-0.1, -0.05) is 0 Å². The highest BCUT2D eigenvalue weighted by Crippen LogP contribution is 2.18. The molecule has 5 heteroatoms. The number of hydrogen-bond acceptors (Lipinski definition) is 3. The van der Waals surface area contributed by atoms with Gasteiger partial charge in [0.25, 0.3) is 5.91 Å².